The Morgan fingerprint density at radius 1 is 1.33 bits per heavy atom. The number of hydrogen-bond acceptors (Lipinski definition) is 3. The molecule has 1 aliphatic rings. The first-order valence-corrected chi connectivity index (χ1v) is 4.29. The lowest BCUT2D eigenvalue weighted by Gasteiger charge is -2.10. The van der Waals surface area contributed by atoms with E-state index >= 15 is 0 Å². The molecule has 0 bridgehead atoms. The van der Waals surface area contributed by atoms with Crippen LogP contribution in [-0.2, 0) is 6.42 Å². The van der Waals surface area contributed by atoms with Gasteiger partial charge in [-0.3, -0.25) is 0 Å². The molecule has 3 heteroatoms. The number of nitrogens with two attached hydrogens (primary N) is 1. The predicted octanol–water partition coefficient (Wildman–Crippen LogP) is 0.758. The van der Waals surface area contributed by atoms with Gasteiger partial charge in [0.1, 0.15) is 6.33 Å². The van der Waals surface area contributed by atoms with Gasteiger partial charge in [0.15, 0.2) is 0 Å². The van der Waals surface area contributed by atoms with Gasteiger partial charge in [0.05, 0.1) is 0 Å². The summed E-state index contributed by atoms with van der Waals surface area (Å²) in [6.07, 6.45) is 8.89. The zero-order valence-electron chi connectivity index (χ0n) is 7.03. The molecule has 2 rings (SSSR count). The molecule has 2 N–H and O–H groups in total. The van der Waals surface area contributed by atoms with Gasteiger partial charge in [-0.2, -0.15) is 0 Å². The summed E-state index contributed by atoms with van der Waals surface area (Å²) in [4.78, 5) is 7.96. The molecule has 12 heavy (non-hydrogen) atoms. The highest BCUT2D eigenvalue weighted by molar-refractivity contribution is 5.10. The highest BCUT2D eigenvalue weighted by atomic mass is 14.8. The Morgan fingerprint density at radius 3 is 2.50 bits per heavy atom. The minimum atomic E-state index is 0.394. The van der Waals surface area contributed by atoms with Crippen molar-refractivity contribution >= 4 is 0 Å². The summed E-state index contributed by atoms with van der Waals surface area (Å²) < 4.78 is 0. The third-order valence-electron chi connectivity index (χ3n) is 2.58. The van der Waals surface area contributed by atoms with Crippen molar-refractivity contribution in [2.24, 2.45) is 11.1 Å². The first kappa shape index (κ1) is 7.68. The average molecular weight is 163 g/mol. The molecular formula is C9H13N3. The van der Waals surface area contributed by atoms with Crippen LogP contribution in [0.4, 0.5) is 0 Å². The van der Waals surface area contributed by atoms with Crippen LogP contribution in [0.25, 0.3) is 0 Å². The van der Waals surface area contributed by atoms with Crippen LogP contribution in [0.15, 0.2) is 18.7 Å². The summed E-state index contributed by atoms with van der Waals surface area (Å²) in [5.74, 6) is 0. The molecule has 0 aromatic carbocycles. The topological polar surface area (TPSA) is 51.8 Å². The van der Waals surface area contributed by atoms with E-state index in [2.05, 4.69) is 9.97 Å². The Hall–Kier alpha value is -0.960. The summed E-state index contributed by atoms with van der Waals surface area (Å²) in [5.41, 5.74) is 7.28. The molecule has 1 aromatic rings. The van der Waals surface area contributed by atoms with E-state index in [0.717, 1.165) is 13.0 Å². The second-order valence-corrected chi connectivity index (χ2v) is 3.63. The van der Waals surface area contributed by atoms with Crippen molar-refractivity contribution in [1.29, 1.82) is 0 Å². The van der Waals surface area contributed by atoms with Crippen LogP contribution in [0.3, 0.4) is 0 Å². The molecule has 3 nitrogen and oxygen atoms in total. The van der Waals surface area contributed by atoms with E-state index in [1.165, 1.54) is 18.4 Å². The van der Waals surface area contributed by atoms with E-state index < -0.39 is 0 Å². The van der Waals surface area contributed by atoms with Crippen LogP contribution in [0.5, 0.6) is 0 Å². The smallest absolute Gasteiger partial charge is 0.115 e. The van der Waals surface area contributed by atoms with E-state index in [4.69, 9.17) is 5.73 Å². The summed E-state index contributed by atoms with van der Waals surface area (Å²) in [5, 5.41) is 0. The third-order valence-corrected chi connectivity index (χ3v) is 2.58. The lowest BCUT2D eigenvalue weighted by molar-refractivity contribution is 0.519. The molecule has 1 heterocycles. The average Bonchev–Trinajstić information content (AvgIpc) is 2.88. The number of nitrogens with zero attached hydrogens (tertiary/aromatic N) is 2. The lowest BCUT2D eigenvalue weighted by atomic mass is 9.99. The standard InChI is InChI=1S/C9H13N3/c10-6-9(1-2-9)3-8-4-11-7-12-5-8/h4-5,7H,1-3,6,10H2. The van der Waals surface area contributed by atoms with Gasteiger partial charge in [-0.05, 0) is 36.8 Å². The van der Waals surface area contributed by atoms with Crippen molar-refractivity contribution in [3.63, 3.8) is 0 Å². The number of hydrogen-bond donors (Lipinski definition) is 1. The molecule has 0 amide bonds. The van der Waals surface area contributed by atoms with Crippen LogP contribution in [0, 0.1) is 5.41 Å². The first-order valence-electron chi connectivity index (χ1n) is 4.29. The maximum Gasteiger partial charge on any atom is 0.115 e. The lowest BCUT2D eigenvalue weighted by Crippen LogP contribution is -2.17. The SMILES string of the molecule is NCC1(Cc2cncnc2)CC1. The van der Waals surface area contributed by atoms with Gasteiger partial charge < -0.3 is 5.73 Å². The monoisotopic (exact) mass is 163 g/mol. The van der Waals surface area contributed by atoms with E-state index in [0.29, 0.717) is 5.41 Å². The second kappa shape index (κ2) is 2.83. The van der Waals surface area contributed by atoms with Gasteiger partial charge in [-0.25, -0.2) is 9.97 Å². The van der Waals surface area contributed by atoms with E-state index in [1.54, 1.807) is 6.33 Å². The van der Waals surface area contributed by atoms with Gasteiger partial charge in [-0.1, -0.05) is 0 Å². The van der Waals surface area contributed by atoms with Gasteiger partial charge in [0.2, 0.25) is 0 Å². The highest BCUT2D eigenvalue weighted by Crippen LogP contribution is 2.47. The molecule has 0 saturated heterocycles. The minimum Gasteiger partial charge on any atom is -0.330 e. The van der Waals surface area contributed by atoms with Gasteiger partial charge in [-0.15, -0.1) is 0 Å². The van der Waals surface area contributed by atoms with Crippen LogP contribution < -0.4 is 5.73 Å². The van der Waals surface area contributed by atoms with Crippen LogP contribution >= 0.6 is 0 Å². The summed E-state index contributed by atoms with van der Waals surface area (Å²) in [6.45, 7) is 0.794. The maximum atomic E-state index is 5.68. The second-order valence-electron chi connectivity index (χ2n) is 3.63. The van der Waals surface area contributed by atoms with Crippen LogP contribution in [0.1, 0.15) is 18.4 Å². The largest absolute Gasteiger partial charge is 0.330 e. The van der Waals surface area contributed by atoms with Gasteiger partial charge >= 0.3 is 0 Å². The number of rotatable bonds is 3. The van der Waals surface area contributed by atoms with Crippen molar-refractivity contribution in [1.82, 2.24) is 9.97 Å². The third kappa shape index (κ3) is 1.46. The van der Waals surface area contributed by atoms with Gasteiger partial charge in [0, 0.05) is 12.4 Å². The fraction of sp³-hybridized carbons (Fsp3) is 0.556. The molecule has 0 atom stereocenters. The molecule has 1 saturated carbocycles. The molecule has 64 valence electrons. The molecule has 1 fully saturated rings. The summed E-state index contributed by atoms with van der Waals surface area (Å²) >= 11 is 0. The highest BCUT2D eigenvalue weighted by Gasteiger charge is 2.40. The Bertz CT molecular complexity index is 254. The van der Waals surface area contributed by atoms with E-state index in [1.807, 2.05) is 12.4 Å². The summed E-state index contributed by atoms with van der Waals surface area (Å²) in [6, 6.07) is 0. The Balaban J connectivity index is 2.04. The molecule has 0 radical (unpaired) electrons. The van der Waals surface area contributed by atoms with E-state index in [9.17, 15) is 0 Å². The molecule has 1 aliphatic carbocycles. The van der Waals surface area contributed by atoms with Crippen molar-refractivity contribution in [3.8, 4) is 0 Å². The fourth-order valence-electron chi connectivity index (χ4n) is 1.48. The molecule has 0 aliphatic heterocycles. The predicted molar refractivity (Wildman–Crippen MR) is 46.5 cm³/mol. The molecule has 0 spiro atoms. The van der Waals surface area contributed by atoms with Crippen molar-refractivity contribution in [2.75, 3.05) is 6.54 Å². The molecule has 1 aromatic heterocycles. The number of aromatic nitrogens is 2. The Labute approximate surface area is 72.0 Å². The Kier molecular flexibility index (Phi) is 1.81. The quantitative estimate of drug-likeness (QED) is 0.715. The molecule has 0 unspecified atom stereocenters. The van der Waals surface area contributed by atoms with Crippen LogP contribution in [-0.4, -0.2) is 16.5 Å². The Morgan fingerprint density at radius 2 is 2.00 bits per heavy atom. The van der Waals surface area contributed by atoms with Crippen molar-refractivity contribution in [2.45, 2.75) is 19.3 Å². The van der Waals surface area contributed by atoms with Crippen molar-refractivity contribution < 1.29 is 0 Å². The zero-order chi connectivity index (χ0) is 8.44. The zero-order valence-corrected chi connectivity index (χ0v) is 7.03. The van der Waals surface area contributed by atoms with Crippen molar-refractivity contribution in [3.05, 3.63) is 24.3 Å². The van der Waals surface area contributed by atoms with E-state index in [-0.39, 0.29) is 0 Å². The summed E-state index contributed by atoms with van der Waals surface area (Å²) in [7, 11) is 0. The van der Waals surface area contributed by atoms with Crippen LogP contribution in [0.2, 0.25) is 0 Å². The fourth-order valence-corrected chi connectivity index (χ4v) is 1.48. The first-order chi connectivity index (χ1) is 5.85. The minimum absolute atomic E-state index is 0.394. The normalized spacial score (nSPS) is 19.1. The van der Waals surface area contributed by atoms with Gasteiger partial charge in [0.25, 0.3) is 0 Å². The molecular weight excluding hydrogens is 150 g/mol. The maximum absolute atomic E-state index is 5.68.